The summed E-state index contributed by atoms with van der Waals surface area (Å²) in [6.07, 6.45) is -3.72. The van der Waals surface area contributed by atoms with Gasteiger partial charge >= 0.3 is 17.6 Å². The molecular weight excluding hydrogens is 894 g/mol. The molecule has 2 aliphatic rings. The molecule has 2 saturated heterocycles. The van der Waals surface area contributed by atoms with Crippen LogP contribution in [0.1, 0.15) is 78.7 Å². The highest BCUT2D eigenvalue weighted by Gasteiger charge is 2.63. The van der Waals surface area contributed by atoms with Crippen LogP contribution in [0.5, 0.6) is 17.5 Å². The van der Waals surface area contributed by atoms with E-state index in [1.54, 1.807) is 18.2 Å². The number of ether oxygens (including phenoxy) is 1. The fourth-order valence-electron chi connectivity index (χ4n) is 7.37. The maximum absolute atomic E-state index is 16.5. The summed E-state index contributed by atoms with van der Waals surface area (Å²) in [5.74, 6) is -5.14. The Kier molecular flexibility index (Phi) is 14.5. The van der Waals surface area contributed by atoms with Crippen molar-refractivity contribution in [1.82, 2.24) is 34.1 Å². The first-order valence-electron chi connectivity index (χ1n) is 22.2. The molecule has 21 heteroatoms. The van der Waals surface area contributed by atoms with Crippen molar-refractivity contribution in [3.8, 4) is 34.6 Å². The zero-order valence-corrected chi connectivity index (χ0v) is 41.9. The number of aromatic nitrogens is 5. The van der Waals surface area contributed by atoms with E-state index in [9.17, 15) is 24.9 Å². The minimum atomic E-state index is -3.63. The maximum Gasteiger partial charge on any atom is 0.351 e. The molecule has 0 spiro atoms. The van der Waals surface area contributed by atoms with Crippen LogP contribution < -0.4 is 11.0 Å². The van der Waals surface area contributed by atoms with Crippen molar-refractivity contribution < 1.29 is 46.9 Å². The minimum Gasteiger partial charge on any atom is -0.508 e. The Hall–Kier alpha value is -4.65. The van der Waals surface area contributed by atoms with Crippen LogP contribution in [-0.2, 0) is 24.9 Å². The second-order valence-electron chi connectivity index (χ2n) is 20.7. The van der Waals surface area contributed by atoms with Gasteiger partial charge in [-0.25, -0.2) is 13.8 Å². The molecule has 4 N–H and O–H groups in total. The average molecular weight is 959 g/mol. The van der Waals surface area contributed by atoms with Crippen LogP contribution in [-0.4, -0.2) is 129 Å². The van der Waals surface area contributed by atoms with E-state index < -0.39 is 64.4 Å². The largest absolute Gasteiger partial charge is 0.508 e. The highest BCUT2D eigenvalue weighted by molar-refractivity contribution is 6.74. The molecule has 4 aromatic rings. The number of nitrogens with zero attached hydrogens (tertiary/aromatic N) is 7. The predicted octanol–water partition coefficient (Wildman–Crippen LogP) is 7.57. The lowest BCUT2D eigenvalue weighted by atomic mass is 9.98. The van der Waals surface area contributed by atoms with Gasteiger partial charge < -0.3 is 34.2 Å². The van der Waals surface area contributed by atoms with Gasteiger partial charge in [-0.1, -0.05) is 66.6 Å². The Bertz CT molecular complexity index is 2460. The van der Waals surface area contributed by atoms with E-state index in [-0.39, 0.29) is 70.1 Å². The minimum absolute atomic E-state index is 0.0339. The molecule has 2 aromatic carbocycles. The van der Waals surface area contributed by atoms with E-state index in [2.05, 4.69) is 41.3 Å². The molecule has 0 saturated carbocycles. The van der Waals surface area contributed by atoms with E-state index >= 15 is 13.2 Å². The number of amides is 1. The van der Waals surface area contributed by atoms with Gasteiger partial charge in [0.2, 0.25) is 12.1 Å². The van der Waals surface area contributed by atoms with Crippen LogP contribution in [0.15, 0.2) is 47.4 Å². The van der Waals surface area contributed by atoms with Crippen molar-refractivity contribution in [2.24, 2.45) is 0 Å². The number of hydrogen-bond acceptors (Lipinski definition) is 13. The fraction of sp³-hybridized carbons (Fsp3) is 0.578. The topological polar surface area (TPSA) is 190 Å². The lowest BCUT2D eigenvalue weighted by Crippen LogP contribution is -2.53. The van der Waals surface area contributed by atoms with Crippen LogP contribution in [0, 0.1) is 5.82 Å². The van der Waals surface area contributed by atoms with Crippen LogP contribution in [0.25, 0.3) is 17.1 Å². The number of hydrogen-bond donors (Lipinski definition) is 4. The Balaban J connectivity index is 1.06. The molecule has 3 atom stereocenters. The van der Waals surface area contributed by atoms with Crippen LogP contribution >= 0.6 is 0 Å². The molecule has 2 fully saturated rings. The summed E-state index contributed by atoms with van der Waals surface area (Å²) >= 11 is 0. The lowest BCUT2D eigenvalue weighted by Gasteiger charge is -2.41. The number of alkyl halides is 2. The summed E-state index contributed by atoms with van der Waals surface area (Å²) in [5.41, 5.74) is 0.327. The van der Waals surface area contributed by atoms with Gasteiger partial charge in [-0.2, -0.15) is 13.8 Å². The third kappa shape index (κ3) is 10.7. The van der Waals surface area contributed by atoms with Gasteiger partial charge in [0, 0.05) is 50.6 Å². The standard InChI is InChI=1S/C45H65F3N8O8Si2/c1-27(2)30-22-31(34(58)23-33(30)57)39-51-52-42(61)56(39)29-14-13-28(32(46)21-29)24-53-17-19-54(20-18-53)25-37(59)49-36-15-16-55(41(60)50-36)40-45(47,48)38(64-66(11,12)44(6,7)8)35(63-40)26-62-65(9,10)43(3,4)5/h13-16,21-23,27,35,38,40,57-58H,17-20,24-26H2,1-12H3,(H,52,61)(H,49,50,59,60)/t35-,38-,40-/m1/s1. The van der Waals surface area contributed by atoms with Gasteiger partial charge in [-0.05, 0) is 72.0 Å². The smallest absolute Gasteiger partial charge is 0.351 e. The molecule has 16 nitrogen and oxygen atoms in total. The zero-order valence-electron chi connectivity index (χ0n) is 39.9. The number of phenols is 2. The quantitative estimate of drug-likeness (QED) is 0.0907. The van der Waals surface area contributed by atoms with Crippen LogP contribution in [0.2, 0.25) is 36.3 Å². The molecule has 6 rings (SSSR count). The van der Waals surface area contributed by atoms with Crippen molar-refractivity contribution in [3.63, 3.8) is 0 Å². The molecule has 2 aliphatic heterocycles. The third-order valence-electron chi connectivity index (χ3n) is 13.5. The van der Waals surface area contributed by atoms with Gasteiger partial charge in [0.15, 0.2) is 22.5 Å². The molecule has 1 amide bonds. The van der Waals surface area contributed by atoms with E-state index in [4.69, 9.17) is 13.6 Å². The first kappa shape index (κ1) is 50.8. The third-order valence-corrected chi connectivity index (χ3v) is 22.5. The van der Waals surface area contributed by atoms with Gasteiger partial charge in [-0.15, -0.1) is 5.10 Å². The molecule has 0 bridgehead atoms. The highest BCUT2D eigenvalue weighted by atomic mass is 28.4. The molecule has 0 aliphatic carbocycles. The van der Waals surface area contributed by atoms with Crippen LogP contribution in [0.3, 0.4) is 0 Å². The van der Waals surface area contributed by atoms with E-state index in [0.29, 0.717) is 37.3 Å². The average Bonchev–Trinajstić information content (AvgIpc) is 3.69. The van der Waals surface area contributed by atoms with Crippen molar-refractivity contribution in [2.45, 2.75) is 128 Å². The van der Waals surface area contributed by atoms with Crippen molar-refractivity contribution >= 4 is 28.4 Å². The van der Waals surface area contributed by atoms with Crippen molar-refractivity contribution in [1.29, 1.82) is 0 Å². The maximum atomic E-state index is 16.5. The molecule has 66 heavy (non-hydrogen) atoms. The van der Waals surface area contributed by atoms with E-state index in [1.165, 1.54) is 22.8 Å². The predicted molar refractivity (Wildman–Crippen MR) is 249 cm³/mol. The number of anilines is 1. The molecular formula is C45H65F3N8O8Si2. The monoisotopic (exact) mass is 958 g/mol. The molecule has 0 unspecified atom stereocenters. The molecule has 2 aromatic heterocycles. The number of halogens is 3. The SMILES string of the molecule is CC(C)c1cc(-c2nnc(O)n2-c2ccc(CN3CCN(CC(=O)Nc4ccn([C@@H]5O[C@H](CO[Si](C)(C)C(C)(C)C)[C@@H](O[Si](C)(C)C(C)(C)C)C5(F)F)c(=O)n4)CC3)c(F)c2)c(O)cc1O. The summed E-state index contributed by atoms with van der Waals surface area (Å²) in [6, 6.07) is 7.95. The second-order valence-corrected chi connectivity index (χ2v) is 30.3. The normalized spacial score (nSPS) is 20.0. The Labute approximate surface area is 386 Å². The number of nitrogens with one attached hydrogen (secondary N) is 1. The number of piperazine rings is 1. The zero-order chi connectivity index (χ0) is 48.9. The highest BCUT2D eigenvalue weighted by Crippen LogP contribution is 2.49. The van der Waals surface area contributed by atoms with Gasteiger partial charge in [0.1, 0.15) is 35.3 Å². The van der Waals surface area contributed by atoms with E-state index in [0.717, 1.165) is 10.8 Å². The van der Waals surface area contributed by atoms with Crippen molar-refractivity contribution in [2.75, 3.05) is 44.6 Å². The Morgan fingerprint density at radius 3 is 2.15 bits per heavy atom. The first-order valence-corrected chi connectivity index (χ1v) is 28.0. The summed E-state index contributed by atoms with van der Waals surface area (Å²) < 4.78 is 69.3. The number of carbonyl (C=O) groups is 1. The molecule has 362 valence electrons. The number of rotatable bonds is 14. The van der Waals surface area contributed by atoms with Crippen LogP contribution in [0.4, 0.5) is 19.0 Å². The number of phenolic OH excluding ortho intramolecular Hbond substituents is 2. The number of carbonyl (C=O) groups excluding carboxylic acids is 1. The lowest BCUT2D eigenvalue weighted by molar-refractivity contribution is -0.138. The second kappa shape index (κ2) is 18.8. The summed E-state index contributed by atoms with van der Waals surface area (Å²) in [6.45, 7) is 25.7. The van der Waals surface area contributed by atoms with Gasteiger partial charge in [0.05, 0.1) is 24.4 Å². The molecule has 4 heterocycles. The summed E-state index contributed by atoms with van der Waals surface area (Å²) in [5, 5.41) is 41.4. The Morgan fingerprint density at radius 2 is 1.56 bits per heavy atom. The number of aromatic hydroxyl groups is 3. The summed E-state index contributed by atoms with van der Waals surface area (Å²) in [4.78, 5) is 34.4. The Morgan fingerprint density at radius 1 is 0.924 bits per heavy atom. The first-order chi connectivity index (χ1) is 30.5. The fourth-order valence-corrected chi connectivity index (χ4v) is 9.68. The number of benzene rings is 2. The van der Waals surface area contributed by atoms with Crippen molar-refractivity contribution in [3.05, 3.63) is 70.0 Å². The van der Waals surface area contributed by atoms with Gasteiger partial charge in [0.25, 0.3) is 0 Å². The van der Waals surface area contributed by atoms with E-state index in [1.807, 2.05) is 70.6 Å². The summed E-state index contributed by atoms with van der Waals surface area (Å²) in [7, 11) is -5.13. The van der Waals surface area contributed by atoms with Gasteiger partial charge in [-0.3, -0.25) is 19.2 Å². The molecule has 0 radical (unpaired) electrons.